The van der Waals surface area contributed by atoms with E-state index in [2.05, 4.69) is 40.8 Å². The van der Waals surface area contributed by atoms with Gasteiger partial charge in [-0.15, -0.1) is 0 Å². The molecule has 1 aromatic carbocycles. The molecule has 3 heterocycles. The van der Waals surface area contributed by atoms with Crippen LogP contribution in [0.4, 0.5) is 26.1 Å². The minimum atomic E-state index is -4.36. The van der Waals surface area contributed by atoms with E-state index >= 15 is 0 Å². The summed E-state index contributed by atoms with van der Waals surface area (Å²) in [6.07, 6.45) is 2.47. The van der Waals surface area contributed by atoms with E-state index in [-0.39, 0.29) is 22.6 Å². The Morgan fingerprint density at radius 3 is 2.49 bits per heavy atom. The summed E-state index contributed by atoms with van der Waals surface area (Å²) in [4.78, 5) is 23.5. The van der Waals surface area contributed by atoms with Crippen molar-refractivity contribution in [2.45, 2.75) is 37.8 Å². The molecule has 2 aromatic heterocycles. The smallest absolute Gasteiger partial charge is 0.281 e. The van der Waals surface area contributed by atoms with Crippen molar-refractivity contribution in [1.29, 1.82) is 0 Å². The van der Waals surface area contributed by atoms with E-state index < -0.39 is 32.6 Å². The number of rotatable bonds is 6. The molecule has 1 aliphatic rings. The highest BCUT2D eigenvalue weighted by molar-refractivity contribution is 7.90. The molecule has 11 heteroatoms. The van der Waals surface area contributed by atoms with Crippen LogP contribution < -0.4 is 14.9 Å². The molecule has 1 fully saturated rings. The van der Waals surface area contributed by atoms with Crippen molar-refractivity contribution in [3.05, 3.63) is 71.9 Å². The average molecular weight is 502 g/mol. The number of hydrogen-bond donors (Lipinski definition) is 2. The topological polar surface area (TPSA) is 104 Å². The van der Waals surface area contributed by atoms with Gasteiger partial charge in [-0.05, 0) is 62.6 Å². The fourth-order valence-corrected chi connectivity index (χ4v) is 5.32. The van der Waals surface area contributed by atoms with E-state index in [1.165, 1.54) is 24.3 Å². The van der Waals surface area contributed by atoms with Crippen LogP contribution >= 0.6 is 0 Å². The molecule has 0 bridgehead atoms. The van der Waals surface area contributed by atoms with Crippen molar-refractivity contribution in [3.8, 4) is 0 Å². The van der Waals surface area contributed by atoms with Crippen molar-refractivity contribution >= 4 is 33.3 Å². The standard InChI is InChI=1S/C24H25F2N5O3S/c1-15-13-24(2,3)31(14-15)22-19(6-5-9-27-22)23(32)30-35(33,34)21-8-4-7-20(29-21)28-18-11-16(25)10-17(26)12-18/h4-12,15H,13-14H2,1-3H3,(H,28,29)(H,30,32). The number of halogens is 2. The van der Waals surface area contributed by atoms with E-state index in [4.69, 9.17) is 0 Å². The molecule has 0 saturated carbocycles. The molecule has 184 valence electrons. The summed E-state index contributed by atoms with van der Waals surface area (Å²) < 4.78 is 54.9. The van der Waals surface area contributed by atoms with Crippen LogP contribution in [0.2, 0.25) is 0 Å². The second-order valence-electron chi connectivity index (χ2n) is 9.19. The number of hydrogen-bond acceptors (Lipinski definition) is 7. The first-order valence-electron chi connectivity index (χ1n) is 10.9. The number of carbonyl (C=O) groups is 1. The predicted octanol–water partition coefficient (Wildman–Crippen LogP) is 4.24. The van der Waals surface area contributed by atoms with E-state index in [0.29, 0.717) is 24.3 Å². The SMILES string of the molecule is CC1CN(c2ncccc2C(=O)NS(=O)(=O)c2cccc(Nc3cc(F)cc(F)c3)n2)C(C)(C)C1. The van der Waals surface area contributed by atoms with Crippen LogP contribution in [0, 0.1) is 17.6 Å². The second kappa shape index (κ2) is 9.21. The summed E-state index contributed by atoms with van der Waals surface area (Å²) in [6.45, 7) is 6.90. The van der Waals surface area contributed by atoms with Crippen molar-refractivity contribution in [3.63, 3.8) is 0 Å². The van der Waals surface area contributed by atoms with E-state index in [1.54, 1.807) is 12.3 Å². The lowest BCUT2D eigenvalue weighted by atomic mass is 9.97. The van der Waals surface area contributed by atoms with Gasteiger partial charge in [0.25, 0.3) is 15.9 Å². The summed E-state index contributed by atoms with van der Waals surface area (Å²) in [5.41, 5.74) is -0.0709. The van der Waals surface area contributed by atoms with E-state index in [9.17, 15) is 22.0 Å². The Hall–Kier alpha value is -3.60. The number of anilines is 3. The molecule has 1 saturated heterocycles. The molecule has 0 spiro atoms. The molecule has 4 rings (SSSR count). The Kier molecular flexibility index (Phi) is 6.46. The lowest BCUT2D eigenvalue weighted by molar-refractivity contribution is 0.0981. The van der Waals surface area contributed by atoms with Gasteiger partial charge in [0.15, 0.2) is 5.03 Å². The summed E-state index contributed by atoms with van der Waals surface area (Å²) in [5, 5.41) is 2.22. The van der Waals surface area contributed by atoms with Crippen LogP contribution in [0.25, 0.3) is 0 Å². The number of benzene rings is 1. The van der Waals surface area contributed by atoms with Crippen LogP contribution in [0.5, 0.6) is 0 Å². The Morgan fingerprint density at radius 2 is 1.83 bits per heavy atom. The highest BCUT2D eigenvalue weighted by Gasteiger charge is 2.39. The largest absolute Gasteiger partial charge is 0.351 e. The van der Waals surface area contributed by atoms with Gasteiger partial charge in [0.05, 0.1) is 5.56 Å². The number of carbonyl (C=O) groups excluding carboxylic acids is 1. The molecule has 8 nitrogen and oxygen atoms in total. The van der Waals surface area contributed by atoms with Gasteiger partial charge in [0.1, 0.15) is 23.3 Å². The molecule has 1 aliphatic heterocycles. The Bertz CT molecular complexity index is 1360. The fourth-order valence-electron chi connectivity index (χ4n) is 4.39. The zero-order chi connectivity index (χ0) is 25.4. The number of sulfonamides is 1. The highest BCUT2D eigenvalue weighted by atomic mass is 32.2. The number of amides is 1. The van der Waals surface area contributed by atoms with Crippen LogP contribution in [-0.4, -0.2) is 36.4 Å². The molecular formula is C24H25F2N5O3S. The third kappa shape index (κ3) is 5.40. The van der Waals surface area contributed by atoms with Crippen molar-refractivity contribution in [1.82, 2.24) is 14.7 Å². The quantitative estimate of drug-likeness (QED) is 0.521. The fraction of sp³-hybridized carbons (Fsp3) is 0.292. The lowest BCUT2D eigenvalue weighted by Gasteiger charge is -2.33. The molecule has 3 aromatic rings. The van der Waals surface area contributed by atoms with Gasteiger partial charge in [-0.1, -0.05) is 13.0 Å². The number of nitrogens with zero attached hydrogens (tertiary/aromatic N) is 3. The minimum Gasteiger partial charge on any atom is -0.351 e. The van der Waals surface area contributed by atoms with Gasteiger partial charge in [-0.3, -0.25) is 4.79 Å². The maximum absolute atomic E-state index is 13.5. The molecule has 1 amide bonds. The zero-order valence-electron chi connectivity index (χ0n) is 19.4. The number of pyridine rings is 2. The van der Waals surface area contributed by atoms with Gasteiger partial charge in [0, 0.05) is 30.0 Å². The summed E-state index contributed by atoms with van der Waals surface area (Å²) in [5.74, 6) is -1.61. The van der Waals surface area contributed by atoms with E-state index in [1.807, 2.05) is 4.90 Å². The first-order valence-corrected chi connectivity index (χ1v) is 12.4. The molecule has 1 atom stereocenters. The van der Waals surface area contributed by atoms with Crippen LogP contribution in [0.15, 0.2) is 59.8 Å². The van der Waals surface area contributed by atoms with Crippen molar-refractivity contribution < 1.29 is 22.0 Å². The molecule has 0 aliphatic carbocycles. The highest BCUT2D eigenvalue weighted by Crippen LogP contribution is 2.37. The third-order valence-corrected chi connectivity index (χ3v) is 6.95. The van der Waals surface area contributed by atoms with Crippen LogP contribution in [-0.2, 0) is 10.0 Å². The molecular weight excluding hydrogens is 476 g/mol. The first-order chi connectivity index (χ1) is 16.4. The molecule has 1 unspecified atom stereocenters. The summed E-state index contributed by atoms with van der Waals surface area (Å²) in [6, 6.07) is 9.92. The molecule has 2 N–H and O–H groups in total. The summed E-state index contributed by atoms with van der Waals surface area (Å²) in [7, 11) is -4.36. The molecule has 0 radical (unpaired) electrons. The van der Waals surface area contributed by atoms with Gasteiger partial charge in [0.2, 0.25) is 0 Å². The van der Waals surface area contributed by atoms with Crippen LogP contribution in [0.3, 0.4) is 0 Å². The van der Waals surface area contributed by atoms with Gasteiger partial charge in [-0.25, -0.2) is 23.5 Å². The van der Waals surface area contributed by atoms with Crippen molar-refractivity contribution in [2.24, 2.45) is 5.92 Å². The minimum absolute atomic E-state index is 0.0280. The predicted molar refractivity (Wildman–Crippen MR) is 128 cm³/mol. The van der Waals surface area contributed by atoms with Gasteiger partial charge >= 0.3 is 0 Å². The van der Waals surface area contributed by atoms with Crippen molar-refractivity contribution in [2.75, 3.05) is 16.8 Å². The maximum atomic E-state index is 13.5. The number of nitrogens with one attached hydrogen (secondary N) is 2. The lowest BCUT2D eigenvalue weighted by Crippen LogP contribution is -2.41. The Labute approximate surface area is 202 Å². The van der Waals surface area contributed by atoms with Crippen LogP contribution in [0.1, 0.15) is 37.6 Å². The van der Waals surface area contributed by atoms with Gasteiger partial charge in [-0.2, -0.15) is 8.42 Å². The summed E-state index contributed by atoms with van der Waals surface area (Å²) >= 11 is 0. The maximum Gasteiger partial charge on any atom is 0.281 e. The second-order valence-corrected chi connectivity index (χ2v) is 10.8. The monoisotopic (exact) mass is 501 g/mol. The van der Waals surface area contributed by atoms with E-state index in [0.717, 1.165) is 18.6 Å². The van der Waals surface area contributed by atoms with Gasteiger partial charge < -0.3 is 10.2 Å². The number of aromatic nitrogens is 2. The molecule has 35 heavy (non-hydrogen) atoms. The normalized spacial score (nSPS) is 17.3. The Morgan fingerprint density at radius 1 is 1.11 bits per heavy atom. The third-order valence-electron chi connectivity index (χ3n) is 5.72. The Balaban J connectivity index is 1.58. The average Bonchev–Trinajstić information content (AvgIpc) is 3.04. The first kappa shape index (κ1) is 24.5. The zero-order valence-corrected chi connectivity index (χ0v) is 20.2.